The van der Waals surface area contributed by atoms with E-state index in [0.717, 1.165) is 45.0 Å². The normalized spacial score (nSPS) is 19.7. The first-order valence-corrected chi connectivity index (χ1v) is 10.0. The number of nitrogens with zero attached hydrogens (tertiary/aromatic N) is 1. The quantitative estimate of drug-likeness (QED) is 0.436. The van der Waals surface area contributed by atoms with E-state index in [1.807, 2.05) is 30.3 Å². The number of imidazole rings is 1. The number of benzene rings is 3. The third-order valence-corrected chi connectivity index (χ3v) is 5.91. The van der Waals surface area contributed by atoms with Crippen molar-refractivity contribution < 1.29 is 5.11 Å². The SMILES string of the molecule is CC(O)c1ccccc1-c1ccc2nc(C3CC3c3ccc(Cl)cc3)[nH]c2c1. The van der Waals surface area contributed by atoms with E-state index < -0.39 is 6.10 Å². The molecule has 4 heteroatoms. The minimum absolute atomic E-state index is 0.432. The van der Waals surface area contributed by atoms with Crippen LogP contribution in [0.2, 0.25) is 5.02 Å². The van der Waals surface area contributed by atoms with E-state index in [4.69, 9.17) is 16.6 Å². The standard InChI is InChI=1S/C24H21ClN2O/c1-14(28)18-4-2-3-5-19(18)16-8-11-22-23(12-16)27-24(26-22)21-13-20(21)15-6-9-17(25)10-7-15/h2-12,14,20-21,28H,13H2,1H3,(H,26,27). The van der Waals surface area contributed by atoms with Gasteiger partial charge in [0.25, 0.3) is 0 Å². The molecule has 5 rings (SSSR count). The molecule has 28 heavy (non-hydrogen) atoms. The second-order valence-electron chi connectivity index (χ2n) is 7.62. The van der Waals surface area contributed by atoms with Crippen LogP contribution in [-0.4, -0.2) is 15.1 Å². The smallest absolute Gasteiger partial charge is 0.110 e. The molecule has 1 aliphatic rings. The van der Waals surface area contributed by atoms with Gasteiger partial charge in [-0.1, -0.05) is 54.1 Å². The number of hydrogen-bond donors (Lipinski definition) is 2. The summed E-state index contributed by atoms with van der Waals surface area (Å²) >= 11 is 6.01. The number of nitrogens with one attached hydrogen (secondary N) is 1. The Kier molecular flexibility index (Phi) is 4.22. The number of fused-ring (bicyclic) bond motifs is 1. The minimum Gasteiger partial charge on any atom is -0.389 e. The Morgan fingerprint density at radius 3 is 2.61 bits per heavy atom. The fraction of sp³-hybridized carbons (Fsp3) is 0.208. The summed E-state index contributed by atoms with van der Waals surface area (Å²) < 4.78 is 0. The Balaban J connectivity index is 1.46. The third kappa shape index (κ3) is 3.11. The maximum Gasteiger partial charge on any atom is 0.110 e. The number of rotatable bonds is 4. The molecule has 3 nitrogen and oxygen atoms in total. The molecule has 0 spiro atoms. The van der Waals surface area contributed by atoms with Crippen LogP contribution in [0.25, 0.3) is 22.2 Å². The number of hydrogen-bond acceptors (Lipinski definition) is 2. The van der Waals surface area contributed by atoms with Crippen molar-refractivity contribution in [3.05, 3.63) is 88.7 Å². The summed E-state index contributed by atoms with van der Waals surface area (Å²) in [7, 11) is 0. The molecule has 1 saturated carbocycles. The highest BCUT2D eigenvalue weighted by Crippen LogP contribution is 2.54. The summed E-state index contributed by atoms with van der Waals surface area (Å²) in [4.78, 5) is 8.36. The highest BCUT2D eigenvalue weighted by molar-refractivity contribution is 6.30. The summed E-state index contributed by atoms with van der Waals surface area (Å²) in [5.74, 6) is 1.99. The number of H-pyrrole nitrogens is 1. The van der Waals surface area contributed by atoms with Gasteiger partial charge >= 0.3 is 0 Å². The Labute approximate surface area is 169 Å². The van der Waals surface area contributed by atoms with Gasteiger partial charge in [-0.05, 0) is 65.8 Å². The van der Waals surface area contributed by atoms with Crippen LogP contribution >= 0.6 is 11.6 Å². The van der Waals surface area contributed by atoms with E-state index in [2.05, 4.69) is 41.4 Å². The zero-order valence-corrected chi connectivity index (χ0v) is 16.3. The maximum absolute atomic E-state index is 10.1. The topological polar surface area (TPSA) is 48.9 Å². The number of aliphatic hydroxyl groups is 1. The molecule has 0 aliphatic heterocycles. The van der Waals surface area contributed by atoms with Gasteiger partial charge in [-0.15, -0.1) is 0 Å². The summed E-state index contributed by atoms with van der Waals surface area (Å²) in [6, 6.07) is 22.4. The molecule has 3 atom stereocenters. The van der Waals surface area contributed by atoms with Crippen molar-refractivity contribution >= 4 is 22.6 Å². The number of halogens is 1. The molecule has 0 amide bonds. The molecule has 0 bridgehead atoms. The highest BCUT2D eigenvalue weighted by atomic mass is 35.5. The summed E-state index contributed by atoms with van der Waals surface area (Å²) in [5, 5.41) is 10.9. The Bertz CT molecular complexity index is 1150. The predicted molar refractivity (Wildman–Crippen MR) is 114 cm³/mol. The minimum atomic E-state index is -0.504. The van der Waals surface area contributed by atoms with Crippen LogP contribution in [-0.2, 0) is 0 Å². The summed E-state index contributed by atoms with van der Waals surface area (Å²) in [6.45, 7) is 1.80. The lowest BCUT2D eigenvalue weighted by Gasteiger charge is -2.11. The van der Waals surface area contributed by atoms with Crippen molar-refractivity contribution in [2.24, 2.45) is 0 Å². The van der Waals surface area contributed by atoms with Crippen molar-refractivity contribution in [3.8, 4) is 11.1 Å². The van der Waals surface area contributed by atoms with E-state index >= 15 is 0 Å². The summed E-state index contributed by atoms with van der Waals surface area (Å²) in [6.07, 6.45) is 0.606. The lowest BCUT2D eigenvalue weighted by Crippen LogP contribution is -1.94. The van der Waals surface area contributed by atoms with Gasteiger partial charge in [-0.25, -0.2) is 4.98 Å². The molecule has 140 valence electrons. The lowest BCUT2D eigenvalue weighted by molar-refractivity contribution is 0.200. The third-order valence-electron chi connectivity index (χ3n) is 5.66. The van der Waals surface area contributed by atoms with E-state index in [1.54, 1.807) is 6.92 Å². The average molecular weight is 389 g/mol. The molecule has 1 heterocycles. The molecular weight excluding hydrogens is 368 g/mol. The van der Waals surface area contributed by atoms with Crippen LogP contribution in [0.1, 0.15) is 48.2 Å². The van der Waals surface area contributed by atoms with Crippen molar-refractivity contribution in [1.29, 1.82) is 0 Å². The van der Waals surface area contributed by atoms with Gasteiger partial charge in [0.1, 0.15) is 5.82 Å². The van der Waals surface area contributed by atoms with Gasteiger partial charge in [-0.3, -0.25) is 0 Å². The molecule has 1 aliphatic carbocycles. The zero-order valence-electron chi connectivity index (χ0n) is 15.6. The van der Waals surface area contributed by atoms with Crippen molar-refractivity contribution in [3.63, 3.8) is 0 Å². The van der Waals surface area contributed by atoms with E-state index in [-0.39, 0.29) is 0 Å². The number of aliphatic hydroxyl groups excluding tert-OH is 1. The lowest BCUT2D eigenvalue weighted by atomic mass is 9.96. The molecular formula is C24H21ClN2O. The first-order chi connectivity index (χ1) is 13.6. The van der Waals surface area contributed by atoms with Crippen LogP contribution in [0.4, 0.5) is 0 Å². The predicted octanol–water partition coefficient (Wildman–Crippen LogP) is 6.21. The number of aromatic nitrogens is 2. The Hall–Kier alpha value is -2.62. The first kappa shape index (κ1) is 17.5. The van der Waals surface area contributed by atoms with Crippen LogP contribution in [0.15, 0.2) is 66.7 Å². The molecule has 0 saturated heterocycles. The molecule has 1 fully saturated rings. The zero-order chi connectivity index (χ0) is 19.3. The Morgan fingerprint density at radius 1 is 1.04 bits per heavy atom. The fourth-order valence-corrected chi connectivity index (χ4v) is 4.20. The van der Waals surface area contributed by atoms with Crippen LogP contribution in [0.3, 0.4) is 0 Å². The number of aromatic amines is 1. The molecule has 1 aromatic heterocycles. The average Bonchev–Trinajstić information content (AvgIpc) is 3.39. The molecule has 4 aromatic rings. The van der Waals surface area contributed by atoms with E-state index in [1.165, 1.54) is 5.56 Å². The van der Waals surface area contributed by atoms with Gasteiger partial charge in [0.15, 0.2) is 0 Å². The monoisotopic (exact) mass is 388 g/mol. The van der Waals surface area contributed by atoms with Gasteiger partial charge in [0.05, 0.1) is 17.1 Å². The van der Waals surface area contributed by atoms with E-state index in [9.17, 15) is 5.11 Å². The van der Waals surface area contributed by atoms with Gasteiger partial charge in [0.2, 0.25) is 0 Å². The second kappa shape index (κ2) is 6.77. The largest absolute Gasteiger partial charge is 0.389 e. The first-order valence-electron chi connectivity index (χ1n) is 9.62. The van der Waals surface area contributed by atoms with Crippen LogP contribution in [0.5, 0.6) is 0 Å². The maximum atomic E-state index is 10.1. The van der Waals surface area contributed by atoms with Gasteiger partial charge < -0.3 is 10.1 Å². The highest BCUT2D eigenvalue weighted by Gasteiger charge is 2.41. The molecule has 0 radical (unpaired) electrons. The fourth-order valence-electron chi connectivity index (χ4n) is 4.07. The van der Waals surface area contributed by atoms with Crippen molar-refractivity contribution in [1.82, 2.24) is 9.97 Å². The summed E-state index contributed by atoms with van der Waals surface area (Å²) in [5.41, 5.74) is 6.42. The van der Waals surface area contributed by atoms with E-state index in [0.29, 0.717) is 11.8 Å². The van der Waals surface area contributed by atoms with Crippen LogP contribution in [0, 0.1) is 0 Å². The van der Waals surface area contributed by atoms with Gasteiger partial charge in [-0.2, -0.15) is 0 Å². The molecule has 3 unspecified atom stereocenters. The van der Waals surface area contributed by atoms with Crippen molar-refractivity contribution in [2.75, 3.05) is 0 Å². The molecule has 3 aromatic carbocycles. The molecule has 2 N–H and O–H groups in total. The van der Waals surface area contributed by atoms with Crippen molar-refractivity contribution in [2.45, 2.75) is 31.3 Å². The Morgan fingerprint density at radius 2 is 1.82 bits per heavy atom. The van der Waals surface area contributed by atoms with Gasteiger partial charge in [0, 0.05) is 10.9 Å². The van der Waals surface area contributed by atoms with Crippen LogP contribution < -0.4 is 0 Å². The second-order valence-corrected chi connectivity index (χ2v) is 8.05.